The lowest BCUT2D eigenvalue weighted by Crippen LogP contribution is -2.55. The summed E-state index contributed by atoms with van der Waals surface area (Å²) in [6.07, 6.45) is 3.55. The summed E-state index contributed by atoms with van der Waals surface area (Å²) in [6.45, 7) is 7.43. The average molecular weight is 713 g/mol. The van der Waals surface area contributed by atoms with E-state index in [-0.39, 0.29) is 37.0 Å². The molecule has 1 spiro atoms. The lowest BCUT2D eigenvalue weighted by atomic mass is 9.72. The fraction of sp³-hybridized carbons (Fsp3) is 0.317. The number of amides is 2. The van der Waals surface area contributed by atoms with Crippen molar-refractivity contribution in [2.24, 2.45) is 5.92 Å². The Morgan fingerprint density at radius 2 is 1.83 bits per heavy atom. The summed E-state index contributed by atoms with van der Waals surface area (Å²) in [5.74, 6) is 0.986. The molecule has 12 heteroatoms. The van der Waals surface area contributed by atoms with Gasteiger partial charge < -0.3 is 39.6 Å². The Hall–Kier alpha value is -5.88. The van der Waals surface area contributed by atoms with Crippen LogP contribution >= 0.6 is 0 Å². The molecule has 0 fully saturated rings. The molecule has 12 nitrogen and oxygen atoms in total. The van der Waals surface area contributed by atoms with Gasteiger partial charge in [0.2, 0.25) is 17.7 Å². The number of ether oxygens (including phenoxy) is 1. The summed E-state index contributed by atoms with van der Waals surface area (Å²) in [7, 11) is 0. The highest BCUT2D eigenvalue weighted by molar-refractivity contribution is 5.94. The number of para-hydroxylation sites is 2. The standard InChI is InChI=1S/C41H40N6O6/c1-5-40(50,6-2)38(49)44-29-18-22-15-16-30-26(17-22)41(25-12-8-10-14-28(25)45-39(41)52-30)34-33(47-37(53-34)32(21(3)4)46-35(29)48)36-43-20-31(51-36)24-19-42-27-13-9-7-11-23(24)27/h7-17,19-21,29,32,39,42,45,50H,5-6,18H2,1-4H3,(H,44,49)(H,46,48)/t29?,32-,39?,41?/m0/s1. The zero-order valence-electron chi connectivity index (χ0n) is 29.8. The van der Waals surface area contributed by atoms with Crippen molar-refractivity contribution in [1.29, 1.82) is 0 Å². The van der Waals surface area contributed by atoms with Crippen molar-refractivity contribution in [2.75, 3.05) is 5.32 Å². The third-order valence-corrected chi connectivity index (χ3v) is 11.2. The lowest BCUT2D eigenvalue weighted by molar-refractivity contribution is -0.143. The van der Waals surface area contributed by atoms with E-state index in [1.54, 1.807) is 20.0 Å². The summed E-state index contributed by atoms with van der Waals surface area (Å²) in [4.78, 5) is 40.9. The number of rotatable bonds is 7. The number of hydrogen-bond donors (Lipinski definition) is 5. The first-order chi connectivity index (χ1) is 25.6. The molecule has 6 heterocycles. The van der Waals surface area contributed by atoms with Gasteiger partial charge in [0.15, 0.2) is 23.4 Å². The molecule has 270 valence electrons. The zero-order chi connectivity index (χ0) is 36.6. The van der Waals surface area contributed by atoms with Crippen molar-refractivity contribution in [3.63, 3.8) is 0 Å². The van der Waals surface area contributed by atoms with Crippen LogP contribution in [0.15, 0.2) is 88.0 Å². The molecule has 4 bridgehead atoms. The Morgan fingerprint density at radius 1 is 1.04 bits per heavy atom. The van der Waals surface area contributed by atoms with Crippen LogP contribution in [0.2, 0.25) is 0 Å². The molecule has 9 rings (SSSR count). The number of benzene rings is 3. The van der Waals surface area contributed by atoms with E-state index in [1.165, 1.54) is 0 Å². The van der Waals surface area contributed by atoms with Gasteiger partial charge in [-0.2, -0.15) is 0 Å². The number of aliphatic hydroxyl groups is 1. The number of carbonyl (C=O) groups is 2. The van der Waals surface area contributed by atoms with E-state index in [1.807, 2.05) is 80.7 Å². The number of hydrogen-bond acceptors (Lipinski definition) is 9. The SMILES string of the molecule is CCC(O)(CC)C(=O)NC1Cc2ccc3c(c2)C2(c4ccccc4NC2O3)c2oc(nc2-c2ncc(-c3c[nH]c4ccccc34)o2)[C@H](C(C)C)NC1=O. The number of nitrogens with zero attached hydrogens (tertiary/aromatic N) is 2. The van der Waals surface area contributed by atoms with Gasteiger partial charge in [0, 0.05) is 40.3 Å². The predicted molar refractivity (Wildman–Crippen MR) is 197 cm³/mol. The van der Waals surface area contributed by atoms with Gasteiger partial charge in [-0.05, 0) is 48.1 Å². The van der Waals surface area contributed by atoms with Crippen LogP contribution in [-0.2, 0) is 21.4 Å². The molecule has 0 aliphatic carbocycles. The van der Waals surface area contributed by atoms with Gasteiger partial charge >= 0.3 is 0 Å². The number of oxazole rings is 2. The summed E-state index contributed by atoms with van der Waals surface area (Å²) < 4.78 is 20.2. The monoisotopic (exact) mass is 712 g/mol. The molecule has 3 aromatic carbocycles. The van der Waals surface area contributed by atoms with Crippen molar-refractivity contribution >= 4 is 28.4 Å². The average Bonchev–Trinajstić information content (AvgIpc) is 3.99. The van der Waals surface area contributed by atoms with Gasteiger partial charge in [-0.25, -0.2) is 9.97 Å². The van der Waals surface area contributed by atoms with E-state index in [4.69, 9.17) is 23.5 Å². The minimum absolute atomic E-state index is 0.169. The fourth-order valence-electron chi connectivity index (χ4n) is 8.09. The zero-order valence-corrected chi connectivity index (χ0v) is 29.8. The third-order valence-electron chi connectivity index (χ3n) is 11.2. The second-order valence-electron chi connectivity index (χ2n) is 14.5. The van der Waals surface area contributed by atoms with Gasteiger partial charge in [-0.1, -0.05) is 76.2 Å². The van der Waals surface area contributed by atoms with Crippen molar-refractivity contribution in [3.05, 3.63) is 107 Å². The van der Waals surface area contributed by atoms with Gasteiger partial charge in [0.05, 0.1) is 6.20 Å². The summed E-state index contributed by atoms with van der Waals surface area (Å²) in [5, 5.41) is 21.7. The predicted octanol–water partition coefficient (Wildman–Crippen LogP) is 6.36. The minimum atomic E-state index is -1.61. The van der Waals surface area contributed by atoms with Crippen LogP contribution in [0.1, 0.15) is 74.9 Å². The Kier molecular flexibility index (Phi) is 7.53. The third kappa shape index (κ3) is 4.92. The van der Waals surface area contributed by atoms with Crippen LogP contribution in [0.3, 0.4) is 0 Å². The number of anilines is 1. The molecule has 0 saturated heterocycles. The topological polar surface area (TPSA) is 168 Å². The molecular weight excluding hydrogens is 672 g/mol. The summed E-state index contributed by atoms with van der Waals surface area (Å²) in [5.41, 5.74) is 2.98. The lowest BCUT2D eigenvalue weighted by Gasteiger charge is -2.30. The molecule has 0 radical (unpaired) electrons. The summed E-state index contributed by atoms with van der Waals surface area (Å²) >= 11 is 0. The molecule has 6 aromatic rings. The number of aromatic amines is 1. The van der Waals surface area contributed by atoms with E-state index < -0.39 is 41.1 Å². The van der Waals surface area contributed by atoms with Crippen LogP contribution in [0.5, 0.6) is 5.75 Å². The number of H-pyrrole nitrogens is 1. The second-order valence-corrected chi connectivity index (χ2v) is 14.5. The van der Waals surface area contributed by atoms with Crippen LogP contribution in [0.4, 0.5) is 5.69 Å². The van der Waals surface area contributed by atoms with Crippen molar-refractivity contribution in [1.82, 2.24) is 25.6 Å². The highest BCUT2D eigenvalue weighted by Crippen LogP contribution is 2.59. The Bertz CT molecular complexity index is 2400. The maximum atomic E-state index is 14.2. The summed E-state index contributed by atoms with van der Waals surface area (Å²) in [6, 6.07) is 20.1. The molecule has 0 saturated carbocycles. The van der Waals surface area contributed by atoms with Crippen LogP contribution in [-0.4, -0.2) is 49.7 Å². The van der Waals surface area contributed by atoms with Gasteiger partial charge in [0.25, 0.3) is 5.91 Å². The van der Waals surface area contributed by atoms with Gasteiger partial charge in [-0.3, -0.25) is 9.59 Å². The highest BCUT2D eigenvalue weighted by atomic mass is 16.5. The van der Waals surface area contributed by atoms with Gasteiger partial charge in [0.1, 0.15) is 28.8 Å². The van der Waals surface area contributed by atoms with Crippen molar-refractivity contribution in [2.45, 2.75) is 76.3 Å². The smallest absolute Gasteiger partial charge is 0.252 e. The largest absolute Gasteiger partial charge is 0.469 e. The molecule has 5 N–H and O–H groups in total. The van der Waals surface area contributed by atoms with Crippen LogP contribution in [0, 0.1) is 5.92 Å². The molecule has 3 aromatic heterocycles. The quantitative estimate of drug-likeness (QED) is 0.127. The number of nitrogens with one attached hydrogen (secondary N) is 4. The Labute approximate surface area is 305 Å². The maximum absolute atomic E-state index is 14.2. The maximum Gasteiger partial charge on any atom is 0.252 e. The fourth-order valence-corrected chi connectivity index (χ4v) is 8.09. The van der Waals surface area contributed by atoms with E-state index >= 15 is 0 Å². The highest BCUT2D eigenvalue weighted by Gasteiger charge is 2.61. The normalized spacial score (nSPS) is 21.6. The first-order valence-corrected chi connectivity index (χ1v) is 18.2. The van der Waals surface area contributed by atoms with Crippen LogP contribution < -0.4 is 20.7 Å². The first kappa shape index (κ1) is 33.0. The second kappa shape index (κ2) is 12.1. The molecule has 3 aliphatic rings. The van der Waals surface area contributed by atoms with Gasteiger partial charge in [-0.15, -0.1) is 0 Å². The van der Waals surface area contributed by atoms with E-state index in [9.17, 15) is 14.7 Å². The molecule has 3 aliphatic heterocycles. The first-order valence-electron chi connectivity index (χ1n) is 18.2. The van der Waals surface area contributed by atoms with Crippen molar-refractivity contribution < 1.29 is 28.3 Å². The molecule has 2 amide bonds. The van der Waals surface area contributed by atoms with Crippen LogP contribution in [0.25, 0.3) is 33.8 Å². The molecule has 3 unspecified atom stereocenters. The molecular formula is C41H40N6O6. The Balaban J connectivity index is 1.26. The number of carbonyl (C=O) groups excluding carboxylic acids is 2. The van der Waals surface area contributed by atoms with Crippen molar-refractivity contribution in [3.8, 4) is 28.7 Å². The van der Waals surface area contributed by atoms with E-state index in [0.29, 0.717) is 23.0 Å². The van der Waals surface area contributed by atoms with E-state index in [2.05, 4.69) is 27.0 Å². The number of aromatic nitrogens is 3. The molecule has 53 heavy (non-hydrogen) atoms. The molecule has 4 atom stereocenters. The minimum Gasteiger partial charge on any atom is -0.469 e. The number of fused-ring (bicyclic) bond motifs is 5. The Morgan fingerprint density at radius 3 is 2.64 bits per heavy atom. The van der Waals surface area contributed by atoms with E-state index in [0.717, 1.165) is 38.8 Å².